The molecule has 0 spiro atoms. The Kier molecular flexibility index (Phi) is 5.00. The summed E-state index contributed by atoms with van der Waals surface area (Å²) in [5, 5.41) is 3.24. The highest BCUT2D eigenvalue weighted by Crippen LogP contribution is 2.35. The van der Waals surface area contributed by atoms with E-state index in [-0.39, 0.29) is 0 Å². The van der Waals surface area contributed by atoms with E-state index in [1.165, 1.54) is 24.0 Å². The summed E-state index contributed by atoms with van der Waals surface area (Å²) >= 11 is 0. The zero-order chi connectivity index (χ0) is 13.8. The van der Waals surface area contributed by atoms with E-state index >= 15 is 0 Å². The molecule has 0 aromatic heterocycles. The second kappa shape index (κ2) is 6.53. The van der Waals surface area contributed by atoms with Crippen LogP contribution in [-0.4, -0.2) is 31.6 Å². The summed E-state index contributed by atoms with van der Waals surface area (Å²) in [6.07, 6.45) is 2.85. The van der Waals surface area contributed by atoms with Crippen molar-refractivity contribution in [1.29, 1.82) is 0 Å². The minimum absolute atomic E-state index is 0.585. The lowest BCUT2D eigenvalue weighted by Crippen LogP contribution is -2.30. The van der Waals surface area contributed by atoms with Crippen LogP contribution in [0.25, 0.3) is 0 Å². The average molecular weight is 260 g/mol. The van der Waals surface area contributed by atoms with Gasteiger partial charge < -0.3 is 5.32 Å². The van der Waals surface area contributed by atoms with E-state index in [1.54, 1.807) is 0 Å². The van der Waals surface area contributed by atoms with Crippen molar-refractivity contribution in [3.8, 4) is 0 Å². The summed E-state index contributed by atoms with van der Waals surface area (Å²) in [5.41, 5.74) is 2.85. The van der Waals surface area contributed by atoms with E-state index in [4.69, 9.17) is 0 Å². The number of nitrogens with one attached hydrogen (secondary N) is 1. The summed E-state index contributed by atoms with van der Waals surface area (Å²) in [7, 11) is 4.26. The molecule has 2 unspecified atom stereocenters. The molecular weight excluding hydrogens is 232 g/mol. The molecule has 1 aliphatic carbocycles. The molecule has 0 aliphatic heterocycles. The van der Waals surface area contributed by atoms with Crippen molar-refractivity contribution in [2.75, 3.05) is 20.6 Å². The molecule has 2 rings (SSSR count). The monoisotopic (exact) mass is 260 g/mol. The molecule has 1 fully saturated rings. The van der Waals surface area contributed by atoms with E-state index < -0.39 is 0 Å². The van der Waals surface area contributed by atoms with Crippen molar-refractivity contribution in [2.45, 2.75) is 45.2 Å². The third-order valence-corrected chi connectivity index (χ3v) is 4.49. The Balaban J connectivity index is 1.90. The summed E-state index contributed by atoms with van der Waals surface area (Å²) in [5.74, 6) is 1.53. The molecule has 1 saturated carbocycles. The molecule has 2 atom stereocenters. The van der Waals surface area contributed by atoms with E-state index in [0.717, 1.165) is 25.0 Å². The predicted molar refractivity (Wildman–Crippen MR) is 82.4 cm³/mol. The fourth-order valence-electron chi connectivity index (χ4n) is 2.75. The van der Waals surface area contributed by atoms with Gasteiger partial charge in [0.15, 0.2) is 0 Å². The molecule has 0 heterocycles. The van der Waals surface area contributed by atoms with Gasteiger partial charge in [-0.1, -0.05) is 31.2 Å². The molecule has 19 heavy (non-hydrogen) atoms. The summed E-state index contributed by atoms with van der Waals surface area (Å²) in [6.45, 7) is 6.74. The maximum Gasteiger partial charge on any atom is 0.0233 e. The minimum Gasteiger partial charge on any atom is -0.319 e. The third kappa shape index (κ3) is 4.05. The molecule has 0 saturated heterocycles. The van der Waals surface area contributed by atoms with Crippen LogP contribution >= 0.6 is 0 Å². The van der Waals surface area contributed by atoms with E-state index in [1.807, 2.05) is 7.05 Å². The lowest BCUT2D eigenvalue weighted by molar-refractivity contribution is 0.226. The first-order valence-electron chi connectivity index (χ1n) is 7.55. The van der Waals surface area contributed by atoms with Crippen LogP contribution in [-0.2, 0) is 6.54 Å². The van der Waals surface area contributed by atoms with Crippen molar-refractivity contribution >= 4 is 0 Å². The smallest absolute Gasteiger partial charge is 0.0233 e. The number of nitrogens with zero attached hydrogens (tertiary/aromatic N) is 1. The number of benzene rings is 1. The number of hydrogen-bond acceptors (Lipinski definition) is 2. The fourth-order valence-corrected chi connectivity index (χ4v) is 2.75. The molecule has 0 radical (unpaired) electrons. The topological polar surface area (TPSA) is 15.3 Å². The lowest BCUT2D eigenvalue weighted by atomic mass is 9.99. The van der Waals surface area contributed by atoms with Gasteiger partial charge in [0.25, 0.3) is 0 Å². The van der Waals surface area contributed by atoms with Crippen LogP contribution in [0, 0.1) is 5.92 Å². The molecular formula is C17H28N2. The van der Waals surface area contributed by atoms with Gasteiger partial charge in [-0.15, -0.1) is 0 Å². The highest BCUT2D eigenvalue weighted by atomic mass is 15.1. The lowest BCUT2D eigenvalue weighted by Gasteiger charge is -2.24. The average Bonchev–Trinajstić information content (AvgIpc) is 3.23. The number of likely N-dealkylation sites (N-methyl/N-ethyl adjacent to an activating group) is 1. The molecule has 0 amide bonds. The normalized spacial score (nSPS) is 18.6. The Morgan fingerprint density at radius 3 is 2.37 bits per heavy atom. The van der Waals surface area contributed by atoms with Gasteiger partial charge in [0.1, 0.15) is 0 Å². The summed E-state index contributed by atoms with van der Waals surface area (Å²) in [6, 6.07) is 9.87. The maximum atomic E-state index is 3.24. The van der Waals surface area contributed by atoms with Crippen molar-refractivity contribution in [3.63, 3.8) is 0 Å². The highest BCUT2D eigenvalue weighted by molar-refractivity contribution is 5.25. The quantitative estimate of drug-likeness (QED) is 0.809. The van der Waals surface area contributed by atoms with E-state index in [0.29, 0.717) is 5.92 Å². The Bertz CT molecular complexity index is 381. The van der Waals surface area contributed by atoms with Crippen LogP contribution in [0.3, 0.4) is 0 Å². The van der Waals surface area contributed by atoms with Gasteiger partial charge in [-0.3, -0.25) is 4.90 Å². The first kappa shape index (κ1) is 14.5. The van der Waals surface area contributed by atoms with Crippen LogP contribution in [0.4, 0.5) is 0 Å². The van der Waals surface area contributed by atoms with Gasteiger partial charge in [-0.05, 0) is 56.8 Å². The minimum atomic E-state index is 0.585. The van der Waals surface area contributed by atoms with Gasteiger partial charge in [0, 0.05) is 19.1 Å². The van der Waals surface area contributed by atoms with Crippen LogP contribution < -0.4 is 5.32 Å². The molecule has 1 aromatic carbocycles. The van der Waals surface area contributed by atoms with Gasteiger partial charge in [0.2, 0.25) is 0 Å². The standard InChI is InChI=1S/C17H28N2/c1-13(11-18-3)16-7-5-15(6-8-16)12-19(4)14(2)17-9-10-17/h5-8,13-14,17-18H,9-12H2,1-4H3. The Labute approximate surface area is 118 Å². The Morgan fingerprint density at radius 2 is 1.84 bits per heavy atom. The molecule has 1 aromatic rings. The van der Waals surface area contributed by atoms with Crippen LogP contribution in [0.5, 0.6) is 0 Å². The molecule has 2 heteroatoms. The first-order valence-corrected chi connectivity index (χ1v) is 7.55. The molecule has 0 bridgehead atoms. The van der Waals surface area contributed by atoms with Gasteiger partial charge >= 0.3 is 0 Å². The third-order valence-electron chi connectivity index (χ3n) is 4.49. The van der Waals surface area contributed by atoms with Crippen LogP contribution in [0.2, 0.25) is 0 Å². The number of rotatable bonds is 7. The van der Waals surface area contributed by atoms with Crippen molar-refractivity contribution in [3.05, 3.63) is 35.4 Å². The zero-order valence-corrected chi connectivity index (χ0v) is 12.8. The Hall–Kier alpha value is -0.860. The van der Waals surface area contributed by atoms with Crippen LogP contribution in [0.1, 0.15) is 43.7 Å². The molecule has 1 N–H and O–H groups in total. The molecule has 1 aliphatic rings. The summed E-state index contributed by atoms with van der Waals surface area (Å²) in [4.78, 5) is 2.49. The number of hydrogen-bond donors (Lipinski definition) is 1. The molecule has 2 nitrogen and oxygen atoms in total. The largest absolute Gasteiger partial charge is 0.319 e. The zero-order valence-electron chi connectivity index (χ0n) is 12.8. The van der Waals surface area contributed by atoms with Crippen LogP contribution in [0.15, 0.2) is 24.3 Å². The highest BCUT2D eigenvalue weighted by Gasteiger charge is 2.30. The van der Waals surface area contributed by atoms with Gasteiger partial charge in [-0.2, -0.15) is 0 Å². The fraction of sp³-hybridized carbons (Fsp3) is 0.647. The maximum absolute atomic E-state index is 3.24. The summed E-state index contributed by atoms with van der Waals surface area (Å²) < 4.78 is 0. The molecule has 106 valence electrons. The Morgan fingerprint density at radius 1 is 1.21 bits per heavy atom. The van der Waals surface area contributed by atoms with E-state index in [2.05, 4.69) is 55.4 Å². The van der Waals surface area contributed by atoms with Gasteiger partial charge in [-0.25, -0.2) is 0 Å². The second-order valence-corrected chi connectivity index (χ2v) is 6.19. The van der Waals surface area contributed by atoms with E-state index in [9.17, 15) is 0 Å². The second-order valence-electron chi connectivity index (χ2n) is 6.19. The SMILES string of the molecule is CNCC(C)c1ccc(CN(C)C(C)C2CC2)cc1. The van der Waals surface area contributed by atoms with Gasteiger partial charge in [0.05, 0.1) is 0 Å². The van der Waals surface area contributed by atoms with Crippen molar-refractivity contribution in [2.24, 2.45) is 5.92 Å². The van der Waals surface area contributed by atoms with Crippen molar-refractivity contribution < 1.29 is 0 Å². The predicted octanol–water partition coefficient (Wildman–Crippen LogP) is 3.24. The van der Waals surface area contributed by atoms with Crippen molar-refractivity contribution in [1.82, 2.24) is 10.2 Å². The first-order chi connectivity index (χ1) is 9.11.